The number of hydrazone groups is 1. The maximum Gasteiger partial charge on any atom is 0.269 e. The monoisotopic (exact) mass is 510 g/mol. The number of non-ortho nitro benzene ring substituents is 1. The van der Waals surface area contributed by atoms with E-state index in [0.29, 0.717) is 16.9 Å². The standard InChI is InChI=1S/C28H22N4O6/c1-15-13-18(32(36)37)9-12-21(15)30-27(34)22-23(28(30)35)25(26(33)16-7-10-19(38-2)11-8-16)31-24(22)20-6-4-3-5-17(20)14-29-31/h3-14,22-25H,1-2H3. The second kappa shape index (κ2) is 8.62. The first-order valence-corrected chi connectivity index (χ1v) is 12.0. The summed E-state index contributed by atoms with van der Waals surface area (Å²) < 4.78 is 5.20. The van der Waals surface area contributed by atoms with Gasteiger partial charge in [-0.15, -0.1) is 0 Å². The molecule has 0 bridgehead atoms. The van der Waals surface area contributed by atoms with Crippen LogP contribution in [0.1, 0.15) is 33.1 Å². The lowest BCUT2D eigenvalue weighted by Gasteiger charge is -2.34. The van der Waals surface area contributed by atoms with Crippen molar-refractivity contribution in [1.29, 1.82) is 0 Å². The molecule has 4 unspecified atom stereocenters. The Morgan fingerprint density at radius 2 is 1.71 bits per heavy atom. The van der Waals surface area contributed by atoms with E-state index in [4.69, 9.17) is 4.74 Å². The third kappa shape index (κ3) is 3.33. The first kappa shape index (κ1) is 23.5. The molecule has 3 aliphatic heterocycles. The van der Waals surface area contributed by atoms with Crippen molar-refractivity contribution in [3.63, 3.8) is 0 Å². The summed E-state index contributed by atoms with van der Waals surface area (Å²) in [6.45, 7) is 1.61. The first-order chi connectivity index (χ1) is 18.3. The number of carbonyl (C=O) groups excluding carboxylic acids is 3. The summed E-state index contributed by atoms with van der Waals surface area (Å²) in [5.74, 6) is -2.57. The van der Waals surface area contributed by atoms with Crippen molar-refractivity contribution in [2.45, 2.75) is 19.0 Å². The Bertz CT molecular complexity index is 1550. The van der Waals surface area contributed by atoms with Gasteiger partial charge in [-0.05, 0) is 53.9 Å². The molecule has 190 valence electrons. The average molecular weight is 511 g/mol. The molecule has 4 atom stereocenters. The Morgan fingerprint density at radius 3 is 2.39 bits per heavy atom. The summed E-state index contributed by atoms with van der Waals surface area (Å²) in [7, 11) is 1.53. The van der Waals surface area contributed by atoms with Crippen molar-refractivity contribution in [1.82, 2.24) is 5.01 Å². The van der Waals surface area contributed by atoms with Gasteiger partial charge in [0.05, 0.1) is 41.8 Å². The van der Waals surface area contributed by atoms with E-state index in [1.165, 1.54) is 25.3 Å². The average Bonchev–Trinajstić information content (AvgIpc) is 3.40. The summed E-state index contributed by atoms with van der Waals surface area (Å²) in [6, 6.07) is 16.4. The van der Waals surface area contributed by atoms with Gasteiger partial charge in [0.1, 0.15) is 11.8 Å². The van der Waals surface area contributed by atoms with Gasteiger partial charge >= 0.3 is 0 Å². The number of Topliss-reactive ketones (excluding diaryl/α,β-unsaturated/α-hetero) is 1. The summed E-state index contributed by atoms with van der Waals surface area (Å²) in [5.41, 5.74) is 2.54. The summed E-state index contributed by atoms with van der Waals surface area (Å²) in [5, 5.41) is 17.4. The first-order valence-electron chi connectivity index (χ1n) is 12.0. The Hall–Kier alpha value is -4.86. The molecule has 6 rings (SSSR count). The number of rotatable bonds is 5. The number of aryl methyl sites for hydroxylation is 1. The second-order valence-corrected chi connectivity index (χ2v) is 9.53. The predicted octanol–water partition coefficient (Wildman–Crippen LogP) is 3.67. The van der Waals surface area contributed by atoms with E-state index in [1.807, 2.05) is 24.3 Å². The fraction of sp³-hybridized carbons (Fsp3) is 0.214. The summed E-state index contributed by atoms with van der Waals surface area (Å²) in [4.78, 5) is 53.7. The molecule has 0 aliphatic carbocycles. The van der Waals surface area contributed by atoms with E-state index in [-0.39, 0.29) is 17.2 Å². The fourth-order valence-electron chi connectivity index (χ4n) is 5.84. The highest BCUT2D eigenvalue weighted by Gasteiger charge is 2.65. The smallest absolute Gasteiger partial charge is 0.269 e. The van der Waals surface area contributed by atoms with Gasteiger partial charge in [0.25, 0.3) is 5.69 Å². The van der Waals surface area contributed by atoms with Gasteiger partial charge in [-0.1, -0.05) is 24.3 Å². The van der Waals surface area contributed by atoms with Gasteiger partial charge in [0.2, 0.25) is 11.8 Å². The van der Waals surface area contributed by atoms with Gasteiger partial charge in [-0.2, -0.15) is 5.10 Å². The number of fused-ring (bicyclic) bond motifs is 5. The Kier molecular flexibility index (Phi) is 5.34. The van der Waals surface area contributed by atoms with Crippen molar-refractivity contribution in [3.05, 3.63) is 99.1 Å². The van der Waals surface area contributed by atoms with Crippen molar-refractivity contribution in [2.24, 2.45) is 16.9 Å². The molecule has 3 aliphatic rings. The van der Waals surface area contributed by atoms with Crippen LogP contribution >= 0.6 is 0 Å². The molecule has 3 aromatic rings. The SMILES string of the molecule is COc1ccc(C(=O)C2C3C(=O)N(c4ccc([N+](=O)[O-])cc4C)C(=O)C3C3c4ccccc4C=NN23)cc1. The van der Waals surface area contributed by atoms with Crippen LogP contribution in [0.25, 0.3) is 0 Å². The molecule has 2 fully saturated rings. The largest absolute Gasteiger partial charge is 0.497 e. The number of nitro benzene ring substituents is 1. The molecule has 10 nitrogen and oxygen atoms in total. The van der Waals surface area contributed by atoms with E-state index in [2.05, 4.69) is 5.10 Å². The molecule has 0 spiro atoms. The predicted molar refractivity (Wildman–Crippen MR) is 137 cm³/mol. The highest BCUT2D eigenvalue weighted by Crippen LogP contribution is 2.53. The van der Waals surface area contributed by atoms with Gasteiger partial charge in [0, 0.05) is 17.7 Å². The number of nitrogens with zero attached hydrogens (tertiary/aromatic N) is 4. The normalized spacial score (nSPS) is 23.2. The molecule has 0 N–H and O–H groups in total. The van der Waals surface area contributed by atoms with Crippen LogP contribution in [0.4, 0.5) is 11.4 Å². The molecule has 3 aromatic carbocycles. The van der Waals surface area contributed by atoms with E-state index in [0.717, 1.165) is 16.0 Å². The Morgan fingerprint density at radius 1 is 1.00 bits per heavy atom. The number of nitro groups is 1. The van der Waals surface area contributed by atoms with Crippen LogP contribution in [-0.4, -0.2) is 46.9 Å². The third-order valence-electron chi connectivity index (χ3n) is 7.57. The van der Waals surface area contributed by atoms with Crippen LogP contribution in [0.5, 0.6) is 5.75 Å². The van der Waals surface area contributed by atoms with E-state index in [1.54, 1.807) is 42.4 Å². The summed E-state index contributed by atoms with van der Waals surface area (Å²) >= 11 is 0. The lowest BCUT2D eigenvalue weighted by atomic mass is 9.83. The minimum atomic E-state index is -1.01. The van der Waals surface area contributed by atoms with Crippen molar-refractivity contribution in [2.75, 3.05) is 12.0 Å². The van der Waals surface area contributed by atoms with Crippen molar-refractivity contribution >= 4 is 35.2 Å². The van der Waals surface area contributed by atoms with E-state index < -0.39 is 40.7 Å². The molecule has 2 amide bonds. The minimum Gasteiger partial charge on any atom is -0.497 e. The zero-order chi connectivity index (χ0) is 26.7. The zero-order valence-corrected chi connectivity index (χ0v) is 20.5. The highest BCUT2D eigenvalue weighted by atomic mass is 16.6. The molecule has 10 heteroatoms. The zero-order valence-electron chi connectivity index (χ0n) is 20.5. The molecule has 0 radical (unpaired) electrons. The molecular weight excluding hydrogens is 488 g/mol. The molecule has 2 saturated heterocycles. The van der Waals surface area contributed by atoms with Crippen molar-refractivity contribution in [3.8, 4) is 5.75 Å². The number of amides is 2. The molecule has 0 aromatic heterocycles. The second-order valence-electron chi connectivity index (χ2n) is 9.53. The number of hydrogen-bond acceptors (Lipinski definition) is 8. The minimum absolute atomic E-state index is 0.139. The lowest BCUT2D eigenvalue weighted by Crippen LogP contribution is -2.44. The van der Waals surface area contributed by atoms with Crippen LogP contribution in [0.2, 0.25) is 0 Å². The van der Waals surface area contributed by atoms with Gasteiger partial charge in [0.15, 0.2) is 5.78 Å². The summed E-state index contributed by atoms with van der Waals surface area (Å²) in [6.07, 6.45) is 1.65. The van der Waals surface area contributed by atoms with Crippen molar-refractivity contribution < 1.29 is 24.0 Å². The Balaban J connectivity index is 1.47. The number of ketones is 1. The highest BCUT2D eigenvalue weighted by molar-refractivity contribution is 6.25. The van der Waals surface area contributed by atoms with Crippen LogP contribution in [0, 0.1) is 28.9 Å². The van der Waals surface area contributed by atoms with Crippen LogP contribution in [-0.2, 0) is 9.59 Å². The molecule has 38 heavy (non-hydrogen) atoms. The van der Waals surface area contributed by atoms with Crippen LogP contribution in [0.15, 0.2) is 71.8 Å². The number of methoxy groups -OCH3 is 1. The number of ether oxygens (including phenoxy) is 1. The van der Waals surface area contributed by atoms with Gasteiger partial charge in [-0.25, -0.2) is 4.90 Å². The van der Waals surface area contributed by atoms with Gasteiger partial charge < -0.3 is 4.74 Å². The Labute approximate surface area is 217 Å². The van der Waals surface area contributed by atoms with Crippen LogP contribution in [0.3, 0.4) is 0 Å². The maximum absolute atomic E-state index is 14.0. The third-order valence-corrected chi connectivity index (χ3v) is 7.57. The van der Waals surface area contributed by atoms with Gasteiger partial charge in [-0.3, -0.25) is 29.5 Å². The molecule has 3 heterocycles. The fourth-order valence-corrected chi connectivity index (χ4v) is 5.84. The molecule has 0 saturated carbocycles. The number of imide groups is 1. The molecular formula is C28H22N4O6. The maximum atomic E-state index is 14.0. The lowest BCUT2D eigenvalue weighted by molar-refractivity contribution is -0.384. The van der Waals surface area contributed by atoms with Crippen LogP contribution < -0.4 is 9.64 Å². The number of carbonyl (C=O) groups is 3. The number of benzene rings is 3. The van der Waals surface area contributed by atoms with E-state index >= 15 is 0 Å². The quantitative estimate of drug-likeness (QED) is 0.222. The number of hydrogen-bond donors (Lipinski definition) is 0. The van der Waals surface area contributed by atoms with E-state index in [9.17, 15) is 24.5 Å². The topological polar surface area (TPSA) is 122 Å². The number of anilines is 1.